The summed E-state index contributed by atoms with van der Waals surface area (Å²) in [5, 5.41) is 2.49. The molecule has 0 aliphatic heterocycles. The Bertz CT molecular complexity index is 476. The third-order valence-electron chi connectivity index (χ3n) is 2.89. The number of nitrogens with zero attached hydrogens (tertiary/aromatic N) is 1. The lowest BCUT2D eigenvalue weighted by atomic mass is 9.81. The molecule has 0 aliphatic rings. The van der Waals surface area contributed by atoms with Crippen LogP contribution in [0.2, 0.25) is 0 Å². The second-order valence-electron chi connectivity index (χ2n) is 6.14. The van der Waals surface area contributed by atoms with Gasteiger partial charge in [-0.3, -0.25) is 9.78 Å². The first-order valence-electron chi connectivity index (χ1n) is 6.53. The van der Waals surface area contributed by atoms with Crippen molar-refractivity contribution in [2.45, 2.75) is 45.6 Å². The number of Topliss-reactive ketones (excluding diaryl/α,β-unsaturated/α-hetero) is 1. The lowest BCUT2D eigenvalue weighted by Gasteiger charge is -2.24. The van der Waals surface area contributed by atoms with Crippen LogP contribution in [-0.2, 0) is 14.9 Å². The summed E-state index contributed by atoms with van der Waals surface area (Å²) >= 11 is 0. The van der Waals surface area contributed by atoms with Gasteiger partial charge in [-0.05, 0) is 52.3 Å². The van der Waals surface area contributed by atoms with Crippen molar-refractivity contribution in [1.82, 2.24) is 10.3 Å². The number of alkyl carbamates (subject to hydrolysis) is 1. The van der Waals surface area contributed by atoms with E-state index in [0.29, 0.717) is 0 Å². The zero-order valence-corrected chi connectivity index (χ0v) is 12.7. The molecule has 0 aliphatic carbocycles. The highest BCUT2D eigenvalue weighted by molar-refractivity contribution is 5.92. The van der Waals surface area contributed by atoms with Crippen molar-refractivity contribution >= 4 is 11.9 Å². The Labute approximate surface area is 119 Å². The van der Waals surface area contributed by atoms with E-state index in [2.05, 4.69) is 10.3 Å². The number of hydrogen-bond donors (Lipinski definition) is 1. The van der Waals surface area contributed by atoms with Gasteiger partial charge in [-0.25, -0.2) is 4.79 Å². The van der Waals surface area contributed by atoms with E-state index >= 15 is 0 Å². The Kier molecular flexibility index (Phi) is 4.87. The largest absolute Gasteiger partial charge is 0.444 e. The Hall–Kier alpha value is -1.91. The summed E-state index contributed by atoms with van der Waals surface area (Å²) in [5.74, 6) is -0.0884. The molecule has 5 nitrogen and oxygen atoms in total. The lowest BCUT2D eigenvalue weighted by molar-refractivity contribution is -0.122. The van der Waals surface area contributed by atoms with Gasteiger partial charge in [0.15, 0.2) is 5.78 Å². The number of nitrogens with one attached hydrogen (secondary N) is 1. The van der Waals surface area contributed by atoms with Crippen molar-refractivity contribution in [3.05, 3.63) is 30.1 Å². The van der Waals surface area contributed by atoms with Crippen LogP contribution in [-0.4, -0.2) is 29.0 Å². The van der Waals surface area contributed by atoms with Crippen LogP contribution in [0.25, 0.3) is 0 Å². The summed E-state index contributed by atoms with van der Waals surface area (Å²) < 4.78 is 5.09. The predicted molar refractivity (Wildman–Crippen MR) is 76.5 cm³/mol. The first-order chi connectivity index (χ1) is 9.13. The molecule has 0 radical (unpaired) electrons. The van der Waals surface area contributed by atoms with Crippen LogP contribution in [0, 0.1) is 0 Å². The van der Waals surface area contributed by atoms with E-state index in [-0.39, 0.29) is 12.3 Å². The zero-order chi connectivity index (χ0) is 15.4. The van der Waals surface area contributed by atoms with Crippen LogP contribution in [0.4, 0.5) is 4.79 Å². The predicted octanol–water partition coefficient (Wildman–Crippen LogP) is 2.45. The number of carbonyl (C=O) groups excluding carboxylic acids is 2. The molecule has 0 saturated carbocycles. The standard InChI is InChI=1S/C15H22N2O3/c1-14(2,3)20-13(19)17-10-12(18)15(4,5)11-6-8-16-9-7-11/h6-9H,10H2,1-5H3,(H,17,19). The van der Waals surface area contributed by atoms with E-state index < -0.39 is 17.1 Å². The van der Waals surface area contributed by atoms with Crippen LogP contribution in [0.3, 0.4) is 0 Å². The van der Waals surface area contributed by atoms with Crippen LogP contribution < -0.4 is 5.32 Å². The normalized spacial score (nSPS) is 11.8. The van der Waals surface area contributed by atoms with Gasteiger partial charge in [0.25, 0.3) is 0 Å². The maximum atomic E-state index is 12.2. The number of ether oxygens (including phenoxy) is 1. The molecule has 20 heavy (non-hydrogen) atoms. The molecule has 0 atom stereocenters. The highest BCUT2D eigenvalue weighted by Crippen LogP contribution is 2.23. The molecule has 110 valence electrons. The molecule has 1 aromatic heterocycles. The van der Waals surface area contributed by atoms with E-state index in [9.17, 15) is 9.59 Å². The monoisotopic (exact) mass is 278 g/mol. The summed E-state index contributed by atoms with van der Waals surface area (Å²) in [6.45, 7) is 8.90. The van der Waals surface area contributed by atoms with Gasteiger partial charge in [-0.15, -0.1) is 0 Å². The van der Waals surface area contributed by atoms with Crippen LogP contribution in [0.15, 0.2) is 24.5 Å². The molecule has 0 fully saturated rings. The van der Waals surface area contributed by atoms with Crippen LogP contribution in [0.5, 0.6) is 0 Å². The van der Waals surface area contributed by atoms with Gasteiger partial charge in [0.2, 0.25) is 0 Å². The summed E-state index contributed by atoms with van der Waals surface area (Å²) in [6.07, 6.45) is 2.70. The van der Waals surface area contributed by atoms with Gasteiger partial charge < -0.3 is 10.1 Å². The lowest BCUT2D eigenvalue weighted by Crippen LogP contribution is -2.41. The number of hydrogen-bond acceptors (Lipinski definition) is 4. The number of ketones is 1. The fraction of sp³-hybridized carbons (Fsp3) is 0.533. The van der Waals surface area contributed by atoms with Crippen molar-refractivity contribution < 1.29 is 14.3 Å². The molecular formula is C15H22N2O3. The molecule has 0 bridgehead atoms. The van der Waals surface area contributed by atoms with Gasteiger partial charge in [-0.2, -0.15) is 0 Å². The second kappa shape index (κ2) is 6.03. The van der Waals surface area contributed by atoms with Crippen molar-refractivity contribution in [3.63, 3.8) is 0 Å². The van der Waals surface area contributed by atoms with Gasteiger partial charge in [0.1, 0.15) is 5.60 Å². The molecule has 1 amide bonds. The highest BCUT2D eigenvalue weighted by Gasteiger charge is 2.29. The average Bonchev–Trinajstić information content (AvgIpc) is 2.35. The van der Waals surface area contributed by atoms with Gasteiger partial charge in [-0.1, -0.05) is 0 Å². The Morgan fingerprint density at radius 1 is 1.15 bits per heavy atom. The van der Waals surface area contributed by atoms with Gasteiger partial charge in [0.05, 0.1) is 12.0 Å². The molecule has 0 spiro atoms. The Morgan fingerprint density at radius 2 is 1.70 bits per heavy atom. The fourth-order valence-corrected chi connectivity index (χ4v) is 1.62. The number of amides is 1. The minimum Gasteiger partial charge on any atom is -0.444 e. The maximum absolute atomic E-state index is 12.2. The molecule has 1 aromatic rings. The summed E-state index contributed by atoms with van der Waals surface area (Å²) in [5.41, 5.74) is -0.394. The van der Waals surface area contributed by atoms with E-state index in [4.69, 9.17) is 4.74 Å². The molecule has 0 unspecified atom stereocenters. The SMILES string of the molecule is CC(C)(C)OC(=O)NCC(=O)C(C)(C)c1ccncc1. The van der Waals surface area contributed by atoms with Gasteiger partial charge >= 0.3 is 6.09 Å². The summed E-state index contributed by atoms with van der Waals surface area (Å²) in [6, 6.07) is 3.59. The molecule has 0 aromatic carbocycles. The third kappa shape index (κ3) is 4.64. The number of pyridine rings is 1. The number of carbonyl (C=O) groups is 2. The van der Waals surface area contributed by atoms with E-state index in [1.807, 2.05) is 13.8 Å². The quantitative estimate of drug-likeness (QED) is 0.918. The molecule has 1 rings (SSSR count). The first kappa shape index (κ1) is 16.1. The van der Waals surface area contributed by atoms with E-state index in [1.54, 1.807) is 45.3 Å². The summed E-state index contributed by atoms with van der Waals surface area (Å²) in [4.78, 5) is 27.7. The second-order valence-corrected chi connectivity index (χ2v) is 6.14. The molecule has 0 saturated heterocycles. The Balaban J connectivity index is 2.61. The van der Waals surface area contributed by atoms with Crippen molar-refractivity contribution in [1.29, 1.82) is 0 Å². The minimum absolute atomic E-state index is 0.0652. The van der Waals surface area contributed by atoms with Crippen molar-refractivity contribution in [3.8, 4) is 0 Å². The molecule has 5 heteroatoms. The molecular weight excluding hydrogens is 256 g/mol. The van der Waals surface area contributed by atoms with Crippen molar-refractivity contribution in [2.75, 3.05) is 6.54 Å². The van der Waals surface area contributed by atoms with Crippen LogP contribution in [0.1, 0.15) is 40.2 Å². The number of aromatic nitrogens is 1. The van der Waals surface area contributed by atoms with Crippen LogP contribution >= 0.6 is 0 Å². The van der Waals surface area contributed by atoms with E-state index in [1.165, 1.54) is 0 Å². The Morgan fingerprint density at radius 3 is 2.20 bits per heavy atom. The summed E-state index contributed by atoms with van der Waals surface area (Å²) in [7, 11) is 0. The minimum atomic E-state index is -0.683. The van der Waals surface area contributed by atoms with Gasteiger partial charge in [0, 0.05) is 12.4 Å². The van der Waals surface area contributed by atoms with E-state index in [0.717, 1.165) is 5.56 Å². The maximum Gasteiger partial charge on any atom is 0.408 e. The zero-order valence-electron chi connectivity index (χ0n) is 12.7. The third-order valence-corrected chi connectivity index (χ3v) is 2.89. The topological polar surface area (TPSA) is 68.3 Å². The highest BCUT2D eigenvalue weighted by atomic mass is 16.6. The first-order valence-corrected chi connectivity index (χ1v) is 6.53. The molecule has 1 heterocycles. The fourth-order valence-electron chi connectivity index (χ4n) is 1.62. The smallest absolute Gasteiger partial charge is 0.408 e. The van der Waals surface area contributed by atoms with Crippen molar-refractivity contribution in [2.24, 2.45) is 0 Å². The molecule has 1 N–H and O–H groups in total. The average molecular weight is 278 g/mol. The number of rotatable bonds is 4.